The van der Waals surface area contributed by atoms with Crippen molar-refractivity contribution in [3.05, 3.63) is 22.2 Å². The SMILES string of the molecule is CCCCCOc1ccc(S(=O)(=O)Cl)c(Cl)c1Cl. The average molecular weight is 332 g/mol. The lowest BCUT2D eigenvalue weighted by Gasteiger charge is -2.10. The third-order valence-electron chi connectivity index (χ3n) is 2.28. The highest BCUT2D eigenvalue weighted by Gasteiger charge is 2.19. The van der Waals surface area contributed by atoms with Gasteiger partial charge in [0.25, 0.3) is 9.05 Å². The van der Waals surface area contributed by atoms with E-state index in [2.05, 4.69) is 6.92 Å². The molecule has 0 spiro atoms. The summed E-state index contributed by atoms with van der Waals surface area (Å²) < 4.78 is 27.8. The number of benzene rings is 1. The molecule has 1 rings (SSSR count). The van der Waals surface area contributed by atoms with Gasteiger partial charge in [-0.3, -0.25) is 0 Å². The molecule has 0 atom stereocenters. The number of unbranched alkanes of at least 4 members (excludes halogenated alkanes) is 2. The Morgan fingerprint density at radius 1 is 1.17 bits per heavy atom. The van der Waals surface area contributed by atoms with Crippen LogP contribution < -0.4 is 4.74 Å². The first kappa shape index (κ1) is 15.9. The zero-order valence-corrected chi connectivity index (χ0v) is 12.8. The minimum atomic E-state index is -3.90. The second-order valence-electron chi connectivity index (χ2n) is 3.68. The van der Waals surface area contributed by atoms with E-state index in [1.807, 2.05) is 0 Å². The fourth-order valence-electron chi connectivity index (χ4n) is 1.35. The van der Waals surface area contributed by atoms with Crippen LogP contribution in [-0.2, 0) is 9.05 Å². The molecule has 0 aliphatic carbocycles. The van der Waals surface area contributed by atoms with Gasteiger partial charge in [0.05, 0.1) is 11.6 Å². The van der Waals surface area contributed by atoms with Gasteiger partial charge in [0.15, 0.2) is 0 Å². The van der Waals surface area contributed by atoms with E-state index in [1.54, 1.807) is 0 Å². The molecule has 18 heavy (non-hydrogen) atoms. The Morgan fingerprint density at radius 3 is 2.39 bits per heavy atom. The molecular formula is C11H13Cl3O3S. The topological polar surface area (TPSA) is 43.4 Å². The number of hydrogen-bond acceptors (Lipinski definition) is 3. The molecule has 7 heteroatoms. The highest BCUT2D eigenvalue weighted by atomic mass is 35.7. The quantitative estimate of drug-likeness (QED) is 0.570. The van der Waals surface area contributed by atoms with Crippen molar-refractivity contribution in [1.29, 1.82) is 0 Å². The van der Waals surface area contributed by atoms with Crippen molar-refractivity contribution in [1.82, 2.24) is 0 Å². The third kappa shape index (κ3) is 4.19. The second kappa shape index (κ2) is 6.85. The van der Waals surface area contributed by atoms with Crippen LogP contribution in [0, 0.1) is 0 Å². The molecule has 1 aromatic carbocycles. The molecule has 0 aromatic heterocycles. The van der Waals surface area contributed by atoms with Crippen LogP contribution in [0.4, 0.5) is 0 Å². The largest absolute Gasteiger partial charge is 0.492 e. The number of halogens is 3. The number of ether oxygens (including phenoxy) is 1. The Balaban J connectivity index is 2.88. The van der Waals surface area contributed by atoms with Gasteiger partial charge in [-0.25, -0.2) is 8.42 Å². The molecule has 102 valence electrons. The first-order valence-electron chi connectivity index (χ1n) is 5.43. The lowest BCUT2D eigenvalue weighted by Crippen LogP contribution is -1.99. The lowest BCUT2D eigenvalue weighted by atomic mass is 10.3. The summed E-state index contributed by atoms with van der Waals surface area (Å²) in [5, 5.41) is -0.0467. The maximum Gasteiger partial charge on any atom is 0.262 e. The molecule has 0 bridgehead atoms. The molecule has 0 saturated carbocycles. The van der Waals surface area contributed by atoms with Gasteiger partial charge in [0.1, 0.15) is 15.7 Å². The Bertz CT molecular complexity index is 515. The van der Waals surface area contributed by atoms with E-state index in [9.17, 15) is 8.42 Å². The van der Waals surface area contributed by atoms with E-state index in [1.165, 1.54) is 12.1 Å². The Labute approximate surface area is 121 Å². The summed E-state index contributed by atoms with van der Waals surface area (Å²) in [6.07, 6.45) is 3.04. The van der Waals surface area contributed by atoms with Gasteiger partial charge >= 0.3 is 0 Å². The van der Waals surface area contributed by atoms with Crippen LogP contribution in [0.1, 0.15) is 26.2 Å². The molecule has 0 radical (unpaired) electrons. The molecule has 0 unspecified atom stereocenters. The summed E-state index contributed by atoms with van der Waals surface area (Å²) in [7, 11) is 1.32. The van der Waals surface area contributed by atoms with Crippen molar-refractivity contribution in [2.45, 2.75) is 31.1 Å². The van der Waals surface area contributed by atoms with Crippen LogP contribution >= 0.6 is 33.9 Å². The first-order chi connectivity index (χ1) is 8.38. The molecular weight excluding hydrogens is 319 g/mol. The highest BCUT2D eigenvalue weighted by Crippen LogP contribution is 2.37. The van der Waals surface area contributed by atoms with Crippen molar-refractivity contribution >= 4 is 42.9 Å². The first-order valence-corrected chi connectivity index (χ1v) is 8.50. The molecule has 1 aromatic rings. The maximum absolute atomic E-state index is 11.2. The van der Waals surface area contributed by atoms with E-state index in [0.717, 1.165) is 19.3 Å². The van der Waals surface area contributed by atoms with Crippen LogP contribution in [-0.4, -0.2) is 15.0 Å². The average Bonchev–Trinajstić information content (AvgIpc) is 2.28. The summed E-state index contributed by atoms with van der Waals surface area (Å²) in [5.74, 6) is 0.363. The molecule has 0 amide bonds. The van der Waals surface area contributed by atoms with Gasteiger partial charge in [0, 0.05) is 10.7 Å². The zero-order valence-electron chi connectivity index (χ0n) is 9.75. The summed E-state index contributed by atoms with van der Waals surface area (Å²) in [6.45, 7) is 2.60. The molecule has 0 fully saturated rings. The summed E-state index contributed by atoms with van der Waals surface area (Å²) in [6, 6.07) is 2.74. The molecule has 0 aliphatic heterocycles. The summed E-state index contributed by atoms with van der Waals surface area (Å²) in [4.78, 5) is -0.211. The van der Waals surface area contributed by atoms with Crippen LogP contribution in [0.15, 0.2) is 17.0 Å². The Morgan fingerprint density at radius 2 is 1.83 bits per heavy atom. The van der Waals surface area contributed by atoms with Crippen LogP contribution in [0.2, 0.25) is 10.0 Å². The van der Waals surface area contributed by atoms with Crippen molar-refractivity contribution in [3.63, 3.8) is 0 Å². The minimum absolute atomic E-state index is 0.0647. The number of hydrogen-bond donors (Lipinski definition) is 0. The molecule has 0 saturated heterocycles. The van der Waals surface area contributed by atoms with Gasteiger partial charge in [0.2, 0.25) is 0 Å². The monoisotopic (exact) mass is 330 g/mol. The van der Waals surface area contributed by atoms with Crippen molar-refractivity contribution in [3.8, 4) is 5.75 Å². The van der Waals surface area contributed by atoms with Gasteiger partial charge in [-0.1, -0.05) is 43.0 Å². The molecule has 3 nitrogen and oxygen atoms in total. The van der Waals surface area contributed by atoms with Crippen molar-refractivity contribution in [2.24, 2.45) is 0 Å². The standard InChI is InChI=1S/C11H13Cl3O3S/c1-2-3-4-7-17-8-5-6-9(18(14,15)16)11(13)10(8)12/h5-6H,2-4,7H2,1H3. The van der Waals surface area contributed by atoms with Gasteiger partial charge < -0.3 is 4.74 Å². The van der Waals surface area contributed by atoms with Crippen molar-refractivity contribution < 1.29 is 13.2 Å². The molecule has 0 N–H and O–H groups in total. The smallest absolute Gasteiger partial charge is 0.262 e. The zero-order chi connectivity index (χ0) is 13.8. The maximum atomic E-state index is 11.2. The fraction of sp³-hybridized carbons (Fsp3) is 0.455. The van der Waals surface area contributed by atoms with Crippen LogP contribution in [0.3, 0.4) is 0 Å². The van der Waals surface area contributed by atoms with Gasteiger partial charge in [-0.05, 0) is 18.6 Å². The second-order valence-corrected chi connectivity index (χ2v) is 6.97. The minimum Gasteiger partial charge on any atom is -0.492 e. The number of rotatable bonds is 6. The van der Waals surface area contributed by atoms with Crippen LogP contribution in [0.5, 0.6) is 5.75 Å². The predicted molar refractivity (Wildman–Crippen MR) is 74.5 cm³/mol. The Kier molecular flexibility index (Phi) is 6.05. The third-order valence-corrected chi connectivity index (χ3v) is 4.62. The summed E-state index contributed by atoms with van der Waals surface area (Å²) in [5.41, 5.74) is 0. The fourth-order valence-corrected chi connectivity index (χ4v) is 3.14. The van der Waals surface area contributed by atoms with E-state index < -0.39 is 9.05 Å². The predicted octanol–water partition coefficient (Wildman–Crippen LogP) is 4.49. The van der Waals surface area contributed by atoms with E-state index in [0.29, 0.717) is 12.4 Å². The molecule has 0 heterocycles. The van der Waals surface area contributed by atoms with Crippen LogP contribution in [0.25, 0.3) is 0 Å². The highest BCUT2D eigenvalue weighted by molar-refractivity contribution is 8.13. The normalized spacial score (nSPS) is 11.6. The van der Waals surface area contributed by atoms with E-state index in [-0.39, 0.29) is 14.9 Å². The summed E-state index contributed by atoms with van der Waals surface area (Å²) >= 11 is 11.8. The Hall–Kier alpha value is -0.160. The van der Waals surface area contributed by atoms with Crippen molar-refractivity contribution in [2.75, 3.05) is 6.61 Å². The molecule has 0 aliphatic rings. The van der Waals surface area contributed by atoms with Gasteiger partial charge in [-0.2, -0.15) is 0 Å². The van der Waals surface area contributed by atoms with E-state index in [4.69, 9.17) is 38.6 Å². The van der Waals surface area contributed by atoms with E-state index >= 15 is 0 Å². The van der Waals surface area contributed by atoms with Gasteiger partial charge in [-0.15, -0.1) is 0 Å². The lowest BCUT2D eigenvalue weighted by molar-refractivity contribution is 0.306.